The molecule has 1 amide bonds. The third kappa shape index (κ3) is 5.75. The van der Waals surface area contributed by atoms with Crippen LogP contribution in [0, 0.1) is 11.3 Å². The van der Waals surface area contributed by atoms with Crippen molar-refractivity contribution in [2.24, 2.45) is 0 Å². The van der Waals surface area contributed by atoms with Gasteiger partial charge in [-0.3, -0.25) is 4.79 Å². The molecule has 2 aromatic rings. The molecule has 27 heavy (non-hydrogen) atoms. The fraction of sp³-hybridized carbons (Fsp3) is 0.333. The molecule has 1 fully saturated rings. The highest BCUT2D eigenvalue weighted by Crippen LogP contribution is 2.22. The Morgan fingerprint density at radius 2 is 1.78 bits per heavy atom. The first-order valence-corrected chi connectivity index (χ1v) is 10.8. The van der Waals surface area contributed by atoms with E-state index in [-0.39, 0.29) is 5.91 Å². The summed E-state index contributed by atoms with van der Waals surface area (Å²) in [4.78, 5) is 18.0. The van der Waals surface area contributed by atoms with Crippen molar-refractivity contribution < 1.29 is 4.79 Å². The zero-order chi connectivity index (χ0) is 19.1. The molecule has 140 valence electrons. The Labute approximate surface area is 173 Å². The molecule has 1 saturated heterocycles. The number of rotatable bonds is 5. The van der Waals surface area contributed by atoms with Gasteiger partial charge in [0.2, 0.25) is 5.91 Å². The smallest absolute Gasteiger partial charge is 0.223 e. The number of carbonyl (C=O) groups is 1. The van der Waals surface area contributed by atoms with Crippen LogP contribution < -0.4 is 4.90 Å². The van der Waals surface area contributed by atoms with Crippen molar-refractivity contribution in [3.05, 3.63) is 58.6 Å². The standard InChI is InChI=1S/C21H22BrN3OS/c22-18-4-8-20(9-5-18)27-15-10-21(26)25-12-1-11-24(13-14-25)19-6-2-17(16-23)3-7-19/h2-9H,1,10-15H2. The average Bonchev–Trinajstić information content (AvgIpc) is 2.96. The first kappa shape index (κ1) is 19.8. The predicted molar refractivity (Wildman–Crippen MR) is 114 cm³/mol. The molecule has 4 nitrogen and oxygen atoms in total. The van der Waals surface area contributed by atoms with Gasteiger partial charge in [-0.05, 0) is 55.0 Å². The maximum absolute atomic E-state index is 12.6. The monoisotopic (exact) mass is 443 g/mol. The second-order valence-electron chi connectivity index (χ2n) is 6.43. The minimum atomic E-state index is 0.237. The molecule has 0 spiro atoms. The van der Waals surface area contributed by atoms with E-state index in [1.807, 2.05) is 41.3 Å². The summed E-state index contributed by atoms with van der Waals surface area (Å²) < 4.78 is 1.07. The Hall–Kier alpha value is -1.97. The lowest BCUT2D eigenvalue weighted by Crippen LogP contribution is -2.35. The SMILES string of the molecule is N#Cc1ccc(N2CCCN(C(=O)CCSc3ccc(Br)cc3)CC2)cc1. The number of halogens is 1. The summed E-state index contributed by atoms with van der Waals surface area (Å²) in [6.45, 7) is 3.33. The van der Waals surface area contributed by atoms with E-state index < -0.39 is 0 Å². The van der Waals surface area contributed by atoms with Crippen LogP contribution in [0.3, 0.4) is 0 Å². The van der Waals surface area contributed by atoms with E-state index in [9.17, 15) is 4.79 Å². The second-order valence-corrected chi connectivity index (χ2v) is 8.52. The zero-order valence-electron chi connectivity index (χ0n) is 15.1. The van der Waals surface area contributed by atoms with E-state index in [4.69, 9.17) is 5.26 Å². The lowest BCUT2D eigenvalue weighted by molar-refractivity contribution is -0.130. The fourth-order valence-electron chi connectivity index (χ4n) is 3.12. The number of hydrogen-bond acceptors (Lipinski definition) is 4. The molecule has 3 rings (SSSR count). The molecule has 0 unspecified atom stereocenters. The van der Waals surface area contributed by atoms with Crippen LogP contribution in [-0.2, 0) is 4.79 Å². The van der Waals surface area contributed by atoms with Crippen molar-refractivity contribution >= 4 is 39.3 Å². The van der Waals surface area contributed by atoms with Crippen molar-refractivity contribution in [2.75, 3.05) is 36.8 Å². The molecule has 0 bridgehead atoms. The molecule has 2 aromatic carbocycles. The van der Waals surface area contributed by atoms with Gasteiger partial charge in [-0.2, -0.15) is 5.26 Å². The van der Waals surface area contributed by atoms with E-state index in [0.29, 0.717) is 12.0 Å². The van der Waals surface area contributed by atoms with Crippen molar-refractivity contribution in [1.82, 2.24) is 4.90 Å². The molecule has 0 atom stereocenters. The molecule has 0 radical (unpaired) electrons. The van der Waals surface area contributed by atoms with Gasteiger partial charge >= 0.3 is 0 Å². The number of hydrogen-bond donors (Lipinski definition) is 0. The summed E-state index contributed by atoms with van der Waals surface area (Å²) in [5.41, 5.74) is 1.79. The predicted octanol–water partition coefficient (Wildman–Crippen LogP) is 4.54. The molecular weight excluding hydrogens is 422 g/mol. The lowest BCUT2D eigenvalue weighted by Gasteiger charge is -2.23. The maximum Gasteiger partial charge on any atom is 0.223 e. The van der Waals surface area contributed by atoms with Gasteiger partial charge in [0.15, 0.2) is 0 Å². The summed E-state index contributed by atoms with van der Waals surface area (Å²) >= 11 is 5.16. The van der Waals surface area contributed by atoms with Crippen LogP contribution in [0.2, 0.25) is 0 Å². The highest BCUT2D eigenvalue weighted by atomic mass is 79.9. The van der Waals surface area contributed by atoms with Gasteiger partial charge in [0.05, 0.1) is 11.6 Å². The van der Waals surface area contributed by atoms with Crippen molar-refractivity contribution in [3.8, 4) is 6.07 Å². The van der Waals surface area contributed by atoms with Gasteiger partial charge in [0, 0.05) is 53.4 Å². The summed E-state index contributed by atoms with van der Waals surface area (Å²) in [6.07, 6.45) is 1.53. The second kappa shape index (κ2) is 9.82. The largest absolute Gasteiger partial charge is 0.370 e. The Morgan fingerprint density at radius 3 is 2.48 bits per heavy atom. The van der Waals surface area contributed by atoms with Crippen LogP contribution in [0.1, 0.15) is 18.4 Å². The number of carbonyl (C=O) groups excluding carboxylic acids is 1. The molecule has 6 heteroatoms. The normalized spacial score (nSPS) is 14.5. The third-order valence-electron chi connectivity index (χ3n) is 4.61. The van der Waals surface area contributed by atoms with Gasteiger partial charge in [0.25, 0.3) is 0 Å². The molecule has 0 aromatic heterocycles. The summed E-state index contributed by atoms with van der Waals surface area (Å²) in [6, 6.07) is 18.0. The molecule has 0 aliphatic carbocycles. The van der Waals surface area contributed by atoms with E-state index in [2.05, 4.69) is 39.0 Å². The van der Waals surface area contributed by atoms with Crippen LogP contribution in [0.5, 0.6) is 0 Å². The van der Waals surface area contributed by atoms with Crippen LogP contribution in [0.25, 0.3) is 0 Å². The number of nitriles is 1. The Kier molecular flexibility index (Phi) is 7.19. The Morgan fingerprint density at radius 1 is 1.04 bits per heavy atom. The number of amides is 1. The Bertz CT molecular complexity index is 802. The molecular formula is C21H22BrN3OS. The molecule has 1 aliphatic heterocycles. The van der Waals surface area contributed by atoms with E-state index in [0.717, 1.165) is 48.5 Å². The quantitative estimate of drug-likeness (QED) is 0.636. The van der Waals surface area contributed by atoms with Gasteiger partial charge in [-0.1, -0.05) is 15.9 Å². The molecule has 1 aliphatic rings. The first-order valence-electron chi connectivity index (χ1n) is 9.07. The summed E-state index contributed by atoms with van der Waals surface area (Å²) in [5, 5.41) is 8.92. The topological polar surface area (TPSA) is 47.3 Å². The average molecular weight is 444 g/mol. The summed E-state index contributed by atoms with van der Waals surface area (Å²) in [5.74, 6) is 1.04. The third-order valence-corrected chi connectivity index (χ3v) is 6.15. The highest BCUT2D eigenvalue weighted by Gasteiger charge is 2.19. The minimum absolute atomic E-state index is 0.237. The van der Waals surface area contributed by atoms with Gasteiger partial charge in [0.1, 0.15) is 0 Å². The van der Waals surface area contributed by atoms with E-state index >= 15 is 0 Å². The van der Waals surface area contributed by atoms with Crippen LogP contribution >= 0.6 is 27.7 Å². The van der Waals surface area contributed by atoms with Crippen molar-refractivity contribution in [2.45, 2.75) is 17.7 Å². The molecule has 1 heterocycles. The van der Waals surface area contributed by atoms with Crippen molar-refractivity contribution in [1.29, 1.82) is 5.26 Å². The molecule has 0 N–H and O–H groups in total. The maximum atomic E-state index is 12.6. The number of thioether (sulfide) groups is 1. The number of anilines is 1. The Balaban J connectivity index is 1.47. The van der Waals surface area contributed by atoms with Gasteiger partial charge in [-0.25, -0.2) is 0 Å². The van der Waals surface area contributed by atoms with Crippen LogP contribution in [-0.4, -0.2) is 42.7 Å². The van der Waals surface area contributed by atoms with Crippen LogP contribution in [0.4, 0.5) is 5.69 Å². The van der Waals surface area contributed by atoms with E-state index in [1.54, 1.807) is 11.8 Å². The fourth-order valence-corrected chi connectivity index (χ4v) is 4.22. The first-order chi connectivity index (χ1) is 13.2. The highest BCUT2D eigenvalue weighted by molar-refractivity contribution is 9.10. The van der Waals surface area contributed by atoms with Crippen molar-refractivity contribution in [3.63, 3.8) is 0 Å². The number of nitrogens with zero attached hydrogens (tertiary/aromatic N) is 3. The molecule has 0 saturated carbocycles. The minimum Gasteiger partial charge on any atom is -0.370 e. The van der Waals surface area contributed by atoms with Gasteiger partial charge < -0.3 is 9.80 Å². The van der Waals surface area contributed by atoms with E-state index in [1.165, 1.54) is 4.90 Å². The van der Waals surface area contributed by atoms with Crippen LogP contribution in [0.15, 0.2) is 57.9 Å². The lowest BCUT2D eigenvalue weighted by atomic mass is 10.2. The van der Waals surface area contributed by atoms with Gasteiger partial charge in [-0.15, -0.1) is 11.8 Å². The number of benzene rings is 2. The zero-order valence-corrected chi connectivity index (χ0v) is 17.5. The summed E-state index contributed by atoms with van der Waals surface area (Å²) in [7, 11) is 0.